The highest BCUT2D eigenvalue weighted by molar-refractivity contribution is 5.90. The summed E-state index contributed by atoms with van der Waals surface area (Å²) in [5.74, 6) is 1.05. The number of hydrogen-bond donors (Lipinski definition) is 1. The molecule has 0 saturated heterocycles. The van der Waals surface area contributed by atoms with Crippen LogP contribution in [-0.2, 0) is 11.3 Å². The maximum Gasteiger partial charge on any atom is 0.227 e. The molecule has 2 aromatic carbocycles. The topological polar surface area (TPSA) is 58.4 Å². The molecule has 0 unspecified atom stereocenters. The summed E-state index contributed by atoms with van der Waals surface area (Å²) in [6.07, 6.45) is 0.369. The molecule has 1 heterocycles. The smallest absolute Gasteiger partial charge is 0.227 e. The molecule has 5 heteroatoms. The maximum absolute atomic E-state index is 12.2. The molecule has 1 N–H and O–H groups in total. The van der Waals surface area contributed by atoms with Gasteiger partial charge < -0.3 is 14.7 Å². The molecule has 3 rings (SSSR count). The predicted molar refractivity (Wildman–Crippen MR) is 98.4 cm³/mol. The van der Waals surface area contributed by atoms with Crippen LogP contribution in [0.15, 0.2) is 71.3 Å². The Hall–Kier alpha value is -3.08. The van der Waals surface area contributed by atoms with E-state index in [0.717, 1.165) is 12.2 Å². The van der Waals surface area contributed by atoms with Crippen molar-refractivity contribution in [2.75, 3.05) is 16.8 Å². The van der Waals surface area contributed by atoms with E-state index in [0.29, 0.717) is 24.5 Å². The first-order valence-electron chi connectivity index (χ1n) is 8.28. The summed E-state index contributed by atoms with van der Waals surface area (Å²) in [5, 5.41) is 6.55. The van der Waals surface area contributed by atoms with Crippen molar-refractivity contribution in [3.05, 3.63) is 78.1 Å². The number of rotatable bonds is 7. The first kappa shape index (κ1) is 16.8. The van der Waals surface area contributed by atoms with Crippen LogP contribution in [0.25, 0.3) is 0 Å². The van der Waals surface area contributed by atoms with Gasteiger partial charge in [0, 0.05) is 31.3 Å². The standard InChI is InChI=1S/C20H21N3O2/c1-16-14-19(22-25-16)21-20(24)12-13-23(18-10-6-3-7-11-18)15-17-8-4-2-5-9-17/h2-11,14H,12-13,15H2,1H3,(H,21,22,24). The fraction of sp³-hybridized carbons (Fsp3) is 0.200. The van der Waals surface area contributed by atoms with E-state index in [1.54, 1.807) is 13.0 Å². The number of carbonyl (C=O) groups is 1. The van der Waals surface area contributed by atoms with Crippen LogP contribution in [-0.4, -0.2) is 17.6 Å². The van der Waals surface area contributed by atoms with Crippen molar-refractivity contribution < 1.29 is 9.32 Å². The van der Waals surface area contributed by atoms with Crippen LogP contribution in [0.5, 0.6) is 0 Å². The van der Waals surface area contributed by atoms with Gasteiger partial charge in [-0.3, -0.25) is 4.79 Å². The van der Waals surface area contributed by atoms with E-state index in [2.05, 4.69) is 39.6 Å². The van der Waals surface area contributed by atoms with E-state index in [1.807, 2.05) is 36.4 Å². The highest BCUT2D eigenvalue weighted by Gasteiger charge is 2.11. The summed E-state index contributed by atoms with van der Waals surface area (Å²) in [7, 11) is 0. The molecule has 0 atom stereocenters. The third kappa shape index (κ3) is 4.94. The highest BCUT2D eigenvalue weighted by atomic mass is 16.5. The Morgan fingerprint density at radius 1 is 1.08 bits per heavy atom. The molecule has 0 radical (unpaired) electrons. The van der Waals surface area contributed by atoms with Gasteiger partial charge in [-0.2, -0.15) is 0 Å². The van der Waals surface area contributed by atoms with E-state index in [1.165, 1.54) is 5.56 Å². The van der Waals surface area contributed by atoms with Crippen molar-refractivity contribution in [3.63, 3.8) is 0 Å². The SMILES string of the molecule is Cc1cc(NC(=O)CCN(Cc2ccccc2)c2ccccc2)no1. The number of aryl methyl sites for hydroxylation is 1. The second-order valence-corrected chi connectivity index (χ2v) is 5.86. The lowest BCUT2D eigenvalue weighted by Crippen LogP contribution is -2.27. The Balaban J connectivity index is 1.64. The van der Waals surface area contributed by atoms with Gasteiger partial charge in [-0.1, -0.05) is 53.7 Å². The summed E-state index contributed by atoms with van der Waals surface area (Å²) in [6.45, 7) is 3.16. The molecule has 0 spiro atoms. The normalized spacial score (nSPS) is 10.4. The van der Waals surface area contributed by atoms with E-state index in [-0.39, 0.29) is 5.91 Å². The van der Waals surface area contributed by atoms with Crippen molar-refractivity contribution in [3.8, 4) is 0 Å². The quantitative estimate of drug-likeness (QED) is 0.708. The zero-order valence-corrected chi connectivity index (χ0v) is 14.2. The fourth-order valence-corrected chi connectivity index (χ4v) is 2.61. The average Bonchev–Trinajstić information content (AvgIpc) is 3.05. The third-order valence-corrected chi connectivity index (χ3v) is 3.84. The summed E-state index contributed by atoms with van der Waals surface area (Å²) in [6, 6.07) is 22.1. The van der Waals surface area contributed by atoms with Crippen molar-refractivity contribution in [1.82, 2.24) is 5.16 Å². The number of hydrogen-bond acceptors (Lipinski definition) is 4. The monoisotopic (exact) mass is 335 g/mol. The zero-order valence-electron chi connectivity index (χ0n) is 14.2. The Labute approximate surface area is 147 Å². The summed E-state index contributed by atoms with van der Waals surface area (Å²) < 4.78 is 4.96. The maximum atomic E-state index is 12.2. The van der Waals surface area contributed by atoms with E-state index < -0.39 is 0 Å². The molecule has 0 aliphatic carbocycles. The molecule has 128 valence electrons. The lowest BCUT2D eigenvalue weighted by molar-refractivity contribution is -0.116. The molecule has 0 aliphatic heterocycles. The Kier molecular flexibility index (Phi) is 5.46. The number of benzene rings is 2. The van der Waals surface area contributed by atoms with E-state index in [4.69, 9.17) is 4.52 Å². The van der Waals surface area contributed by atoms with Gasteiger partial charge in [0.15, 0.2) is 5.82 Å². The number of amides is 1. The largest absolute Gasteiger partial charge is 0.367 e. The Bertz CT molecular complexity index is 800. The Morgan fingerprint density at radius 3 is 2.40 bits per heavy atom. The molecule has 0 aliphatic rings. The minimum absolute atomic E-state index is 0.0812. The molecule has 1 amide bonds. The molecular weight excluding hydrogens is 314 g/mol. The minimum atomic E-state index is -0.0812. The first-order chi connectivity index (χ1) is 12.2. The van der Waals surface area contributed by atoms with Gasteiger partial charge in [0.1, 0.15) is 5.76 Å². The van der Waals surface area contributed by atoms with Crippen LogP contribution >= 0.6 is 0 Å². The molecule has 5 nitrogen and oxygen atoms in total. The van der Waals surface area contributed by atoms with Gasteiger partial charge in [-0.05, 0) is 24.6 Å². The lowest BCUT2D eigenvalue weighted by Gasteiger charge is -2.24. The minimum Gasteiger partial charge on any atom is -0.367 e. The number of carbonyl (C=O) groups excluding carboxylic acids is 1. The average molecular weight is 335 g/mol. The second kappa shape index (κ2) is 8.15. The fourth-order valence-electron chi connectivity index (χ4n) is 2.61. The van der Waals surface area contributed by atoms with Gasteiger partial charge in [-0.15, -0.1) is 0 Å². The molecule has 0 bridgehead atoms. The summed E-state index contributed by atoms with van der Waals surface area (Å²) in [4.78, 5) is 14.4. The van der Waals surface area contributed by atoms with E-state index >= 15 is 0 Å². The molecular formula is C20H21N3O2. The van der Waals surface area contributed by atoms with Crippen LogP contribution in [0.3, 0.4) is 0 Å². The number of anilines is 2. The van der Waals surface area contributed by atoms with Crippen LogP contribution in [0.2, 0.25) is 0 Å². The lowest BCUT2D eigenvalue weighted by atomic mass is 10.2. The second-order valence-electron chi connectivity index (χ2n) is 5.86. The van der Waals surface area contributed by atoms with Gasteiger partial charge >= 0.3 is 0 Å². The highest BCUT2D eigenvalue weighted by Crippen LogP contribution is 2.17. The van der Waals surface area contributed by atoms with Gasteiger partial charge in [0.05, 0.1) is 0 Å². The Morgan fingerprint density at radius 2 is 1.76 bits per heavy atom. The van der Waals surface area contributed by atoms with E-state index in [9.17, 15) is 4.79 Å². The van der Waals surface area contributed by atoms with Gasteiger partial charge in [0.25, 0.3) is 0 Å². The van der Waals surface area contributed by atoms with Crippen molar-refractivity contribution in [2.45, 2.75) is 19.9 Å². The van der Waals surface area contributed by atoms with Crippen molar-refractivity contribution in [2.24, 2.45) is 0 Å². The zero-order chi connectivity index (χ0) is 17.5. The van der Waals surface area contributed by atoms with Crippen LogP contribution in [0.1, 0.15) is 17.7 Å². The molecule has 25 heavy (non-hydrogen) atoms. The van der Waals surface area contributed by atoms with Crippen molar-refractivity contribution in [1.29, 1.82) is 0 Å². The van der Waals surface area contributed by atoms with Crippen LogP contribution in [0, 0.1) is 6.92 Å². The number of nitrogens with zero attached hydrogens (tertiary/aromatic N) is 2. The van der Waals surface area contributed by atoms with Gasteiger partial charge in [-0.25, -0.2) is 0 Å². The molecule has 3 aromatic rings. The number of aromatic nitrogens is 1. The van der Waals surface area contributed by atoms with Crippen LogP contribution in [0.4, 0.5) is 11.5 Å². The summed E-state index contributed by atoms with van der Waals surface area (Å²) in [5.41, 5.74) is 2.30. The number of nitrogens with one attached hydrogen (secondary N) is 1. The molecule has 0 fully saturated rings. The molecule has 1 aromatic heterocycles. The van der Waals surface area contributed by atoms with Gasteiger partial charge in [0.2, 0.25) is 5.91 Å². The third-order valence-electron chi connectivity index (χ3n) is 3.84. The summed E-state index contributed by atoms with van der Waals surface area (Å²) >= 11 is 0. The number of para-hydroxylation sites is 1. The van der Waals surface area contributed by atoms with Crippen LogP contribution < -0.4 is 10.2 Å². The van der Waals surface area contributed by atoms with Crippen molar-refractivity contribution >= 4 is 17.4 Å². The predicted octanol–water partition coefficient (Wildman–Crippen LogP) is 4.02. The first-order valence-corrected chi connectivity index (χ1v) is 8.28. The molecule has 0 saturated carbocycles.